The van der Waals surface area contributed by atoms with Crippen LogP contribution in [0.5, 0.6) is 0 Å². The summed E-state index contributed by atoms with van der Waals surface area (Å²) in [5.74, 6) is 0. The van der Waals surface area contributed by atoms with E-state index in [9.17, 15) is 0 Å². The third-order valence-electron chi connectivity index (χ3n) is 0.584. The average molecular weight is 296 g/mol. The van der Waals surface area contributed by atoms with Crippen LogP contribution in [-0.2, 0) is 0 Å². The molecule has 66 valence electrons. The molecular weight excluding hydrogens is 296 g/mol. The van der Waals surface area contributed by atoms with Gasteiger partial charge in [-0.1, -0.05) is 0 Å². The Morgan fingerprint density at radius 3 is 1.00 bits per heavy atom. The molecule has 0 heterocycles. The maximum atomic E-state index is 8.04. The monoisotopic (exact) mass is 298 g/mol. The molecule has 0 N–H and O–H groups in total. The normalized spacial score (nSPS) is 14.2. The minimum absolute atomic E-state index is 2.28. The van der Waals surface area contributed by atoms with Crippen LogP contribution in [0.3, 0.4) is 0 Å². The Labute approximate surface area is 74.9 Å². The van der Waals surface area contributed by atoms with Crippen molar-refractivity contribution < 1.29 is 0 Å². The van der Waals surface area contributed by atoms with Crippen LogP contribution >= 0.6 is 0 Å². The summed E-state index contributed by atoms with van der Waals surface area (Å²) in [6.45, 7) is 0. The van der Waals surface area contributed by atoms with Gasteiger partial charge < -0.3 is 0 Å². The van der Waals surface area contributed by atoms with E-state index in [1.54, 1.807) is 0 Å². The summed E-state index contributed by atoms with van der Waals surface area (Å²) in [5, 5.41) is 0. The fourth-order valence-corrected chi connectivity index (χ4v) is 1.97. The standard InChI is InChI=1S/N12Te/c1-5-9-13(10-6-2,11-7-3)12-8-4. The molecular formula is N12Te. The predicted octanol–water partition coefficient (Wildman–Crippen LogP) is 2.66. The summed E-state index contributed by atoms with van der Waals surface area (Å²) in [5.41, 5.74) is 32.2. The fourth-order valence-electron chi connectivity index (χ4n) is 0.294. The zero-order valence-electron chi connectivity index (χ0n) is 5.77. The molecule has 0 aromatic carbocycles. The van der Waals surface area contributed by atoms with Crippen molar-refractivity contribution in [2.24, 2.45) is 13.5 Å². The van der Waals surface area contributed by atoms with Crippen LogP contribution in [0.2, 0.25) is 0 Å². The molecule has 0 aromatic rings. The van der Waals surface area contributed by atoms with E-state index in [1.807, 2.05) is 0 Å². The average Bonchev–Trinajstić information content (AvgIpc) is 2.06. The molecule has 0 aromatic heterocycles. The van der Waals surface area contributed by atoms with Crippen LogP contribution in [0, 0.1) is 0 Å². The molecule has 0 rings (SSSR count). The Morgan fingerprint density at radius 1 is 0.615 bits per heavy atom. The SMILES string of the molecule is [N-]=[N+]=N[Te](N=[N+]=[N-])(N=[N+]=[N-])N=[N+]=[N-]. The van der Waals surface area contributed by atoms with Gasteiger partial charge in [0.05, 0.1) is 0 Å². The molecule has 0 saturated carbocycles. The van der Waals surface area contributed by atoms with Gasteiger partial charge in [-0.2, -0.15) is 0 Å². The van der Waals surface area contributed by atoms with E-state index in [0.717, 1.165) is 0 Å². The van der Waals surface area contributed by atoms with E-state index in [4.69, 9.17) is 22.1 Å². The van der Waals surface area contributed by atoms with Gasteiger partial charge in [0.1, 0.15) is 0 Å². The first-order valence-corrected chi connectivity index (χ1v) is 6.50. The van der Waals surface area contributed by atoms with Gasteiger partial charge in [-0.15, -0.1) is 0 Å². The Hall–Kier alpha value is -1.97. The van der Waals surface area contributed by atoms with Gasteiger partial charge in [0.25, 0.3) is 0 Å². The first-order chi connectivity index (χ1) is 6.24. The molecule has 0 fully saturated rings. The topological polar surface area (TPSA) is 195 Å². The van der Waals surface area contributed by atoms with Gasteiger partial charge in [-0.25, -0.2) is 0 Å². The van der Waals surface area contributed by atoms with Crippen LogP contribution in [0.1, 0.15) is 0 Å². The number of hydrogen-bond donors (Lipinski definition) is 0. The van der Waals surface area contributed by atoms with Crippen molar-refractivity contribution in [3.05, 3.63) is 41.8 Å². The summed E-state index contributed by atoms with van der Waals surface area (Å²) >= 11 is -4.51. The van der Waals surface area contributed by atoms with Crippen LogP contribution in [-0.4, -0.2) is 19.3 Å². The molecule has 12 nitrogen and oxygen atoms in total. The van der Waals surface area contributed by atoms with Gasteiger partial charge >= 0.3 is 74.5 Å². The van der Waals surface area contributed by atoms with Crippen molar-refractivity contribution in [2.45, 2.75) is 0 Å². The molecule has 0 aliphatic carbocycles. The summed E-state index contributed by atoms with van der Waals surface area (Å²) < 4.78 is 11.7. The van der Waals surface area contributed by atoms with E-state index < -0.39 is 19.3 Å². The zero-order valence-corrected chi connectivity index (χ0v) is 8.11. The maximum absolute atomic E-state index is 8.04. The third kappa shape index (κ3) is 3.29. The number of rotatable bonds is 4. The van der Waals surface area contributed by atoms with E-state index in [1.165, 1.54) is 0 Å². The van der Waals surface area contributed by atoms with Gasteiger partial charge in [0.15, 0.2) is 0 Å². The molecule has 0 bridgehead atoms. The summed E-state index contributed by atoms with van der Waals surface area (Å²) in [6, 6.07) is 0. The van der Waals surface area contributed by atoms with E-state index >= 15 is 0 Å². The second kappa shape index (κ2) is 5.65. The Kier molecular flexibility index (Phi) is 4.79. The Bertz CT molecular complexity index is 284. The number of hydrogen-bond acceptors (Lipinski definition) is 4. The summed E-state index contributed by atoms with van der Waals surface area (Å²) in [6.07, 6.45) is 0. The quantitative estimate of drug-likeness (QED) is 0.318. The van der Waals surface area contributed by atoms with Crippen molar-refractivity contribution in [2.75, 3.05) is 0 Å². The first kappa shape index (κ1) is 11.0. The van der Waals surface area contributed by atoms with Crippen LogP contribution in [0.15, 0.2) is 13.5 Å². The minimum atomic E-state index is -4.51. The molecule has 0 radical (unpaired) electrons. The van der Waals surface area contributed by atoms with Crippen molar-refractivity contribution in [3.63, 3.8) is 0 Å². The van der Waals surface area contributed by atoms with Crippen LogP contribution < -0.4 is 0 Å². The van der Waals surface area contributed by atoms with E-state index in [2.05, 4.69) is 33.1 Å². The molecule has 0 atom stereocenters. The van der Waals surface area contributed by atoms with Crippen molar-refractivity contribution in [1.82, 2.24) is 0 Å². The van der Waals surface area contributed by atoms with Crippen LogP contribution in [0.4, 0.5) is 0 Å². The summed E-state index contributed by atoms with van der Waals surface area (Å²) in [4.78, 5) is 9.12. The molecule has 0 saturated heterocycles. The number of azide groups is 1. The Balaban J connectivity index is 5.52. The van der Waals surface area contributed by atoms with Crippen LogP contribution in [0.25, 0.3) is 41.8 Å². The molecule has 13 heteroatoms. The summed E-state index contributed by atoms with van der Waals surface area (Å²) in [7, 11) is 0. The second-order valence-corrected chi connectivity index (χ2v) is 5.83. The van der Waals surface area contributed by atoms with Crippen molar-refractivity contribution in [3.8, 4) is 0 Å². The first-order valence-electron chi connectivity index (χ1n) is 2.33. The van der Waals surface area contributed by atoms with Gasteiger partial charge in [0, 0.05) is 0 Å². The molecule has 0 aliphatic rings. The van der Waals surface area contributed by atoms with E-state index in [0.29, 0.717) is 0 Å². The van der Waals surface area contributed by atoms with Crippen molar-refractivity contribution in [1.29, 1.82) is 0 Å². The zero-order chi connectivity index (χ0) is 10.2. The van der Waals surface area contributed by atoms with Gasteiger partial charge in [-0.05, 0) is 0 Å². The van der Waals surface area contributed by atoms with Gasteiger partial charge in [0.2, 0.25) is 0 Å². The fraction of sp³-hybridized carbons (Fsp3) is 0. The molecule has 0 unspecified atom stereocenters. The third-order valence-corrected chi connectivity index (χ3v) is 3.92. The molecule has 0 amide bonds. The molecule has 13 heavy (non-hydrogen) atoms. The van der Waals surface area contributed by atoms with Crippen molar-refractivity contribution >= 4 is 19.3 Å². The number of nitrogens with zero attached hydrogens (tertiary/aromatic N) is 12. The second-order valence-electron chi connectivity index (χ2n) is 1.17. The predicted molar refractivity (Wildman–Crippen MR) is 42.3 cm³/mol. The Morgan fingerprint density at radius 2 is 0.846 bits per heavy atom. The van der Waals surface area contributed by atoms with Gasteiger partial charge in [-0.3, -0.25) is 0 Å². The van der Waals surface area contributed by atoms with E-state index in [-0.39, 0.29) is 0 Å². The molecule has 0 aliphatic heterocycles. The molecule has 0 spiro atoms.